The maximum absolute atomic E-state index is 3.53. The highest BCUT2D eigenvalue weighted by atomic mass is 79.9. The number of rotatable bonds is 1. The number of thiophene rings is 1. The minimum absolute atomic E-state index is 0. The normalized spacial score (nSPS) is 15.4. The lowest BCUT2D eigenvalue weighted by molar-refractivity contribution is -0.504. The molecule has 1 saturated heterocycles. The molecule has 1 fully saturated rings. The van der Waals surface area contributed by atoms with E-state index in [4.69, 9.17) is 0 Å². The van der Waals surface area contributed by atoms with Gasteiger partial charge in [0.05, 0.1) is 5.69 Å². The highest BCUT2D eigenvalue weighted by Gasteiger charge is 2.36. The van der Waals surface area contributed by atoms with Crippen molar-refractivity contribution in [2.45, 2.75) is 12.8 Å². The number of aromatic nitrogens is 1. The quantitative estimate of drug-likeness (QED) is 0.417. The van der Waals surface area contributed by atoms with Crippen LogP contribution in [0.4, 0.5) is 0 Å². The summed E-state index contributed by atoms with van der Waals surface area (Å²) in [6.07, 6.45) is 4.82. The lowest BCUT2D eigenvalue weighted by atomic mass is 10.1. The fourth-order valence-corrected chi connectivity index (χ4v) is 5.14. The smallest absolute Gasteiger partial charge is 0.243 e. The van der Waals surface area contributed by atoms with Crippen molar-refractivity contribution in [2.75, 3.05) is 13.1 Å². The zero-order chi connectivity index (χ0) is 15.4. The highest BCUT2D eigenvalue weighted by Crippen LogP contribution is 2.41. The van der Waals surface area contributed by atoms with Gasteiger partial charge in [0.15, 0.2) is 0 Å². The second kappa shape index (κ2) is 6.17. The monoisotopic (exact) mass is 418 g/mol. The Morgan fingerprint density at radius 1 is 1.04 bits per heavy atom. The average Bonchev–Trinajstić information content (AvgIpc) is 3.30. The summed E-state index contributed by atoms with van der Waals surface area (Å²) in [5.41, 5.74) is 6.78. The van der Waals surface area contributed by atoms with Crippen LogP contribution in [0.1, 0.15) is 23.4 Å². The third-order valence-corrected chi connectivity index (χ3v) is 6.29. The van der Waals surface area contributed by atoms with E-state index >= 15 is 0 Å². The van der Waals surface area contributed by atoms with E-state index in [0.717, 1.165) is 4.47 Å². The second-order valence-corrected chi connectivity index (χ2v) is 7.94. The van der Waals surface area contributed by atoms with Gasteiger partial charge in [-0.1, -0.05) is 28.1 Å². The van der Waals surface area contributed by atoms with Crippen LogP contribution in [0.2, 0.25) is 0 Å². The van der Waals surface area contributed by atoms with Crippen LogP contribution in [-0.2, 0) is 0 Å². The third kappa shape index (κ3) is 2.32. The van der Waals surface area contributed by atoms with Crippen LogP contribution in [0.15, 0.2) is 52.4 Å². The van der Waals surface area contributed by atoms with Crippen molar-refractivity contribution >= 4 is 33.0 Å². The van der Waals surface area contributed by atoms with Gasteiger partial charge in [-0.15, -0.1) is 11.3 Å². The molecule has 0 unspecified atom stereocenters. The Kier molecular flexibility index (Phi) is 4.15. The Labute approximate surface area is 160 Å². The molecule has 0 radical (unpaired) electrons. The molecule has 4 heterocycles. The summed E-state index contributed by atoms with van der Waals surface area (Å²) in [5.74, 6) is 0. The Hall–Kier alpha value is -1.36. The van der Waals surface area contributed by atoms with E-state index in [1.807, 2.05) is 11.3 Å². The van der Waals surface area contributed by atoms with Crippen LogP contribution in [0, 0.1) is 0 Å². The van der Waals surface area contributed by atoms with E-state index < -0.39 is 0 Å². The first-order chi connectivity index (χ1) is 11.3. The minimum atomic E-state index is 0. The Balaban J connectivity index is 0.00000146. The van der Waals surface area contributed by atoms with Crippen molar-refractivity contribution in [3.63, 3.8) is 0 Å². The van der Waals surface area contributed by atoms with Crippen LogP contribution in [0.5, 0.6) is 0 Å². The lowest BCUT2D eigenvalue weighted by Crippen LogP contribution is -3.00. The van der Waals surface area contributed by atoms with Gasteiger partial charge in [0.25, 0.3) is 0 Å². The molecule has 0 N–H and O–H groups in total. The summed E-state index contributed by atoms with van der Waals surface area (Å²) in [7, 11) is 0. The molecule has 5 rings (SSSR count). The number of hydrogen-bond donors (Lipinski definition) is 0. The summed E-state index contributed by atoms with van der Waals surface area (Å²) in [6, 6.07) is 13.1. The first-order valence-electron chi connectivity index (χ1n) is 8.01. The molecule has 24 heavy (non-hydrogen) atoms. The van der Waals surface area contributed by atoms with Gasteiger partial charge in [-0.3, -0.25) is 0 Å². The van der Waals surface area contributed by atoms with Crippen LogP contribution in [0.25, 0.3) is 16.8 Å². The number of benzene rings is 1. The van der Waals surface area contributed by atoms with E-state index in [1.165, 1.54) is 59.0 Å². The highest BCUT2D eigenvalue weighted by molar-refractivity contribution is 9.10. The third-order valence-electron chi connectivity index (χ3n) is 4.79. The molecule has 1 aromatic carbocycles. The number of hydrogen-bond acceptors (Lipinski definition) is 1. The van der Waals surface area contributed by atoms with Gasteiger partial charge in [-0.2, -0.15) is 0 Å². The van der Waals surface area contributed by atoms with Crippen LogP contribution in [0.3, 0.4) is 0 Å². The average molecular weight is 420 g/mol. The fourth-order valence-electron chi connectivity index (χ4n) is 3.72. The summed E-state index contributed by atoms with van der Waals surface area (Å²) in [5, 5.41) is 2.31. The Morgan fingerprint density at radius 2 is 1.79 bits per heavy atom. The minimum Gasteiger partial charge on any atom is -1.00 e. The molecule has 2 aromatic heterocycles. The molecule has 0 atom stereocenters. The summed E-state index contributed by atoms with van der Waals surface area (Å²) < 4.78 is 6.07. The number of halogens is 2. The molecule has 2 nitrogen and oxygen atoms in total. The zero-order valence-corrected chi connectivity index (χ0v) is 16.2. The number of nitrogens with zero attached hydrogens (tertiary/aromatic N) is 2. The van der Waals surface area contributed by atoms with Gasteiger partial charge >= 0.3 is 0 Å². The van der Waals surface area contributed by atoms with E-state index in [9.17, 15) is 0 Å². The fraction of sp³-hybridized carbons (Fsp3) is 0.211. The topological polar surface area (TPSA) is 7.94 Å². The maximum Gasteiger partial charge on any atom is 0.243 e. The zero-order valence-electron chi connectivity index (χ0n) is 13.0. The molecular weight excluding hydrogens is 404 g/mol. The van der Waals surface area contributed by atoms with Gasteiger partial charge in [-0.25, -0.2) is 4.58 Å². The molecule has 0 bridgehead atoms. The van der Waals surface area contributed by atoms with Crippen LogP contribution >= 0.6 is 27.3 Å². The second-order valence-electron chi connectivity index (χ2n) is 6.14. The largest absolute Gasteiger partial charge is 1.00 e. The molecule has 0 saturated carbocycles. The van der Waals surface area contributed by atoms with Gasteiger partial charge in [0.1, 0.15) is 23.7 Å². The Morgan fingerprint density at radius 3 is 2.54 bits per heavy atom. The van der Waals surface area contributed by atoms with Gasteiger partial charge in [0.2, 0.25) is 5.71 Å². The predicted molar refractivity (Wildman–Crippen MR) is 99.2 cm³/mol. The van der Waals surface area contributed by atoms with Crippen molar-refractivity contribution in [1.29, 1.82) is 0 Å². The van der Waals surface area contributed by atoms with E-state index in [1.54, 1.807) is 0 Å². The van der Waals surface area contributed by atoms with E-state index in [-0.39, 0.29) is 12.4 Å². The molecule has 2 aliphatic heterocycles. The summed E-state index contributed by atoms with van der Waals surface area (Å²) in [6.45, 7) is 2.37. The van der Waals surface area contributed by atoms with E-state index in [2.05, 4.69) is 73.0 Å². The lowest BCUT2D eigenvalue weighted by Gasteiger charge is -2.04. The number of fused-ring (bicyclic) bond motifs is 3. The van der Waals surface area contributed by atoms with E-state index in [0.29, 0.717) is 0 Å². The SMILES string of the molecule is Brc1ccc(-c2csc3c2-n2cccc2C3=[N+]2CCCC2)cc1.[Cl-]. The van der Waals surface area contributed by atoms with Crippen molar-refractivity contribution in [1.82, 2.24) is 4.57 Å². The maximum atomic E-state index is 3.53. The molecule has 3 aromatic rings. The molecule has 5 heteroatoms. The van der Waals surface area contributed by atoms with Crippen molar-refractivity contribution in [3.05, 3.63) is 63.0 Å². The van der Waals surface area contributed by atoms with Crippen molar-refractivity contribution in [3.8, 4) is 16.8 Å². The van der Waals surface area contributed by atoms with Gasteiger partial charge in [0, 0.05) is 34.5 Å². The molecular formula is C19H16BrClN2S. The standard InChI is InChI=1S/C19H16BrN2S.ClH/c20-14-7-5-13(6-8-14)15-12-23-19-17(15)22-11-3-4-16(22)18(19)21-9-1-2-10-21;/h3-8,11-12H,1-2,9-10H2;1H/q+1;/p-1. The van der Waals surface area contributed by atoms with Gasteiger partial charge in [-0.05, 0) is 29.8 Å². The molecule has 2 aliphatic rings. The van der Waals surface area contributed by atoms with Crippen LogP contribution < -0.4 is 12.4 Å². The summed E-state index contributed by atoms with van der Waals surface area (Å²) >= 11 is 5.41. The molecule has 0 aliphatic carbocycles. The Bertz CT molecular complexity index is 929. The predicted octanol–water partition coefficient (Wildman–Crippen LogP) is 1.93. The van der Waals surface area contributed by atoms with Gasteiger partial charge < -0.3 is 17.0 Å². The summed E-state index contributed by atoms with van der Waals surface area (Å²) in [4.78, 5) is 1.43. The first-order valence-corrected chi connectivity index (χ1v) is 9.68. The van der Waals surface area contributed by atoms with Crippen molar-refractivity contribution < 1.29 is 17.0 Å². The first kappa shape index (κ1) is 16.1. The molecule has 122 valence electrons. The van der Waals surface area contributed by atoms with Crippen molar-refractivity contribution in [2.24, 2.45) is 0 Å². The molecule has 0 amide bonds. The van der Waals surface area contributed by atoms with Crippen LogP contribution in [-0.4, -0.2) is 27.9 Å². The molecule has 0 spiro atoms.